The van der Waals surface area contributed by atoms with Crippen LogP contribution in [0.25, 0.3) is 0 Å². The molecule has 2 unspecified atom stereocenters. The van der Waals surface area contributed by atoms with E-state index in [0.29, 0.717) is 12.2 Å². The molecule has 1 aromatic carbocycles. The Morgan fingerprint density at radius 1 is 1.42 bits per heavy atom. The first-order valence-electron chi connectivity index (χ1n) is 6.63. The van der Waals surface area contributed by atoms with Crippen LogP contribution in [0.5, 0.6) is 0 Å². The van der Waals surface area contributed by atoms with Gasteiger partial charge in [0.25, 0.3) is 0 Å². The summed E-state index contributed by atoms with van der Waals surface area (Å²) in [5.74, 6) is -0.361. The zero-order valence-electron chi connectivity index (χ0n) is 12.1. The smallest absolute Gasteiger partial charge is 0.146 e. The number of nitriles is 1. The van der Waals surface area contributed by atoms with E-state index in [9.17, 15) is 4.39 Å². The van der Waals surface area contributed by atoms with Gasteiger partial charge in [0, 0.05) is 19.6 Å². The van der Waals surface area contributed by atoms with Crippen LogP contribution in [0.1, 0.15) is 32.4 Å². The van der Waals surface area contributed by atoms with Gasteiger partial charge in [-0.2, -0.15) is 5.26 Å². The Labute approximate surface area is 115 Å². The molecular weight excluding hydrogens is 241 g/mol. The highest BCUT2D eigenvalue weighted by atomic mass is 19.1. The van der Waals surface area contributed by atoms with Crippen molar-refractivity contribution in [2.75, 3.05) is 25.0 Å². The lowest BCUT2D eigenvalue weighted by atomic mass is 10.1. The second kappa shape index (κ2) is 7.10. The first-order chi connectivity index (χ1) is 8.99. The summed E-state index contributed by atoms with van der Waals surface area (Å²) in [6.07, 6.45) is 0. The maximum atomic E-state index is 14.1. The standard InChI is InChI=1S/C15H22FN3/c1-5-18-12(3)13-6-7-15(14(16)8-13)19(4)10-11(2)9-17/h6-8,11-12,18H,5,10H2,1-4H3. The van der Waals surface area contributed by atoms with E-state index in [1.165, 1.54) is 0 Å². The van der Waals surface area contributed by atoms with Gasteiger partial charge in [-0.1, -0.05) is 13.0 Å². The van der Waals surface area contributed by atoms with E-state index >= 15 is 0 Å². The van der Waals surface area contributed by atoms with Gasteiger partial charge in [-0.05, 0) is 38.1 Å². The van der Waals surface area contributed by atoms with E-state index in [2.05, 4.69) is 11.4 Å². The number of nitrogens with one attached hydrogen (secondary N) is 1. The Kier molecular flexibility index (Phi) is 5.78. The van der Waals surface area contributed by atoms with Crippen molar-refractivity contribution in [1.29, 1.82) is 5.26 Å². The molecule has 0 aliphatic heterocycles. The predicted molar refractivity (Wildman–Crippen MR) is 76.5 cm³/mol. The Hall–Kier alpha value is -1.60. The van der Waals surface area contributed by atoms with Gasteiger partial charge in [-0.15, -0.1) is 0 Å². The van der Waals surface area contributed by atoms with Crippen LogP contribution < -0.4 is 10.2 Å². The van der Waals surface area contributed by atoms with E-state index in [1.54, 1.807) is 24.1 Å². The summed E-state index contributed by atoms with van der Waals surface area (Å²) in [5.41, 5.74) is 1.47. The molecule has 1 rings (SSSR count). The molecule has 0 fully saturated rings. The topological polar surface area (TPSA) is 39.1 Å². The molecule has 2 atom stereocenters. The fourth-order valence-electron chi connectivity index (χ4n) is 2.08. The van der Waals surface area contributed by atoms with Crippen molar-refractivity contribution in [2.24, 2.45) is 5.92 Å². The maximum absolute atomic E-state index is 14.1. The third-order valence-corrected chi connectivity index (χ3v) is 3.16. The van der Waals surface area contributed by atoms with Gasteiger partial charge >= 0.3 is 0 Å². The van der Waals surface area contributed by atoms with E-state index in [4.69, 9.17) is 5.26 Å². The van der Waals surface area contributed by atoms with Gasteiger partial charge in [0.2, 0.25) is 0 Å². The molecule has 4 heteroatoms. The van der Waals surface area contributed by atoms with Crippen LogP contribution in [0.15, 0.2) is 18.2 Å². The molecule has 0 aromatic heterocycles. The second-order valence-corrected chi connectivity index (χ2v) is 4.90. The van der Waals surface area contributed by atoms with Gasteiger partial charge in [0.1, 0.15) is 5.82 Å². The monoisotopic (exact) mass is 263 g/mol. The van der Waals surface area contributed by atoms with Crippen molar-refractivity contribution < 1.29 is 4.39 Å². The van der Waals surface area contributed by atoms with Crippen molar-refractivity contribution in [3.05, 3.63) is 29.6 Å². The Bertz CT molecular complexity index is 453. The van der Waals surface area contributed by atoms with Crippen LogP contribution >= 0.6 is 0 Å². The third kappa shape index (κ3) is 4.22. The van der Waals surface area contributed by atoms with Gasteiger partial charge in [-0.3, -0.25) is 0 Å². The van der Waals surface area contributed by atoms with Crippen molar-refractivity contribution in [1.82, 2.24) is 5.32 Å². The van der Waals surface area contributed by atoms with Crippen LogP contribution in [0, 0.1) is 23.1 Å². The predicted octanol–water partition coefficient (Wildman–Crippen LogP) is 3.09. The largest absolute Gasteiger partial charge is 0.371 e. The molecule has 0 amide bonds. The van der Waals surface area contributed by atoms with Crippen molar-refractivity contribution >= 4 is 5.69 Å². The van der Waals surface area contributed by atoms with Gasteiger partial charge < -0.3 is 10.2 Å². The molecule has 0 bridgehead atoms. The summed E-state index contributed by atoms with van der Waals surface area (Å²) in [4.78, 5) is 1.78. The fraction of sp³-hybridized carbons (Fsp3) is 0.533. The molecule has 0 heterocycles. The third-order valence-electron chi connectivity index (χ3n) is 3.16. The van der Waals surface area contributed by atoms with Crippen molar-refractivity contribution in [3.8, 4) is 6.07 Å². The van der Waals surface area contributed by atoms with E-state index < -0.39 is 0 Å². The highest BCUT2D eigenvalue weighted by molar-refractivity contribution is 5.49. The molecule has 0 aliphatic carbocycles. The number of anilines is 1. The summed E-state index contributed by atoms with van der Waals surface area (Å²) in [6, 6.07) is 7.57. The Balaban J connectivity index is 2.85. The molecule has 19 heavy (non-hydrogen) atoms. The fourth-order valence-corrected chi connectivity index (χ4v) is 2.08. The molecule has 1 aromatic rings. The zero-order chi connectivity index (χ0) is 14.4. The number of nitrogens with zero attached hydrogens (tertiary/aromatic N) is 2. The Morgan fingerprint density at radius 2 is 2.11 bits per heavy atom. The average Bonchev–Trinajstić information content (AvgIpc) is 2.38. The summed E-state index contributed by atoms with van der Waals surface area (Å²) in [6.45, 7) is 7.24. The first-order valence-corrected chi connectivity index (χ1v) is 6.63. The lowest BCUT2D eigenvalue weighted by molar-refractivity contribution is 0.580. The summed E-state index contributed by atoms with van der Waals surface area (Å²) in [7, 11) is 1.81. The minimum absolute atomic E-state index is 0.121. The highest BCUT2D eigenvalue weighted by Gasteiger charge is 2.13. The highest BCUT2D eigenvalue weighted by Crippen LogP contribution is 2.23. The van der Waals surface area contributed by atoms with E-state index in [-0.39, 0.29) is 17.8 Å². The normalized spacial score (nSPS) is 13.7. The van der Waals surface area contributed by atoms with Crippen LogP contribution in [-0.2, 0) is 0 Å². The molecule has 0 aliphatic rings. The van der Waals surface area contributed by atoms with Crippen LogP contribution in [-0.4, -0.2) is 20.1 Å². The lowest BCUT2D eigenvalue weighted by Gasteiger charge is -2.22. The maximum Gasteiger partial charge on any atom is 0.146 e. The van der Waals surface area contributed by atoms with Gasteiger partial charge in [0.15, 0.2) is 0 Å². The molecule has 3 nitrogen and oxygen atoms in total. The minimum atomic E-state index is -0.241. The molecular formula is C15H22FN3. The molecule has 104 valence electrons. The number of hydrogen-bond acceptors (Lipinski definition) is 3. The van der Waals surface area contributed by atoms with E-state index in [1.807, 2.05) is 26.8 Å². The van der Waals surface area contributed by atoms with Gasteiger partial charge in [-0.25, -0.2) is 4.39 Å². The molecule has 0 saturated heterocycles. The number of rotatable bonds is 6. The number of benzene rings is 1. The van der Waals surface area contributed by atoms with Crippen LogP contribution in [0.4, 0.5) is 10.1 Å². The molecule has 0 saturated carbocycles. The summed E-state index contributed by atoms with van der Waals surface area (Å²) in [5, 5.41) is 12.1. The number of halogens is 1. The van der Waals surface area contributed by atoms with Crippen LogP contribution in [0.2, 0.25) is 0 Å². The summed E-state index contributed by atoms with van der Waals surface area (Å²) >= 11 is 0. The molecule has 0 spiro atoms. The first kappa shape index (κ1) is 15.5. The van der Waals surface area contributed by atoms with E-state index in [0.717, 1.165) is 12.1 Å². The van der Waals surface area contributed by atoms with Crippen molar-refractivity contribution in [2.45, 2.75) is 26.8 Å². The second-order valence-electron chi connectivity index (χ2n) is 4.90. The quantitative estimate of drug-likeness (QED) is 0.857. The van der Waals surface area contributed by atoms with Crippen molar-refractivity contribution in [3.63, 3.8) is 0 Å². The lowest BCUT2D eigenvalue weighted by Crippen LogP contribution is -2.24. The molecule has 0 radical (unpaired) electrons. The zero-order valence-corrected chi connectivity index (χ0v) is 12.1. The SMILES string of the molecule is CCNC(C)c1ccc(N(C)CC(C)C#N)c(F)c1. The minimum Gasteiger partial charge on any atom is -0.371 e. The average molecular weight is 263 g/mol. The number of hydrogen-bond donors (Lipinski definition) is 1. The Morgan fingerprint density at radius 3 is 2.63 bits per heavy atom. The summed E-state index contributed by atoms with van der Waals surface area (Å²) < 4.78 is 14.1. The molecule has 1 N–H and O–H groups in total. The van der Waals surface area contributed by atoms with Gasteiger partial charge in [0.05, 0.1) is 17.7 Å². The van der Waals surface area contributed by atoms with Crippen LogP contribution in [0.3, 0.4) is 0 Å².